The second-order valence-corrected chi connectivity index (χ2v) is 7.19. The summed E-state index contributed by atoms with van der Waals surface area (Å²) < 4.78 is 11.4. The molecule has 0 radical (unpaired) electrons. The molecular weight excluding hydrogens is 284 g/mol. The normalized spacial score (nSPS) is 22.0. The van der Waals surface area contributed by atoms with Crippen LogP contribution in [0, 0.1) is 0 Å². The zero-order valence-electron chi connectivity index (χ0n) is 13.0. The number of aryl methyl sites for hydroxylation is 1. The van der Waals surface area contributed by atoms with Crippen LogP contribution in [0.15, 0.2) is 6.07 Å². The number of nitrogens with one attached hydrogen (secondary N) is 2. The van der Waals surface area contributed by atoms with E-state index in [1.807, 2.05) is 6.07 Å². The highest BCUT2D eigenvalue weighted by Gasteiger charge is 2.18. The molecule has 0 spiro atoms. The lowest BCUT2D eigenvalue weighted by Crippen LogP contribution is -2.29. The second-order valence-electron chi connectivity index (χ2n) is 5.50. The predicted octanol–water partition coefficient (Wildman–Crippen LogP) is 2.57. The number of nitrogens with zero attached hydrogens (tertiary/aromatic N) is 2. The van der Waals surface area contributed by atoms with E-state index in [-0.39, 0.29) is 0 Å². The Labute approximate surface area is 129 Å². The summed E-state index contributed by atoms with van der Waals surface area (Å²) >= 11 is 0. The van der Waals surface area contributed by atoms with Crippen LogP contribution in [-0.4, -0.2) is 38.3 Å². The van der Waals surface area contributed by atoms with Crippen molar-refractivity contribution in [1.29, 1.82) is 0 Å². The van der Waals surface area contributed by atoms with Gasteiger partial charge < -0.3 is 10.6 Å². The molecule has 0 bridgehead atoms. The van der Waals surface area contributed by atoms with Gasteiger partial charge in [0.1, 0.15) is 17.5 Å². The molecule has 1 saturated heterocycles. The minimum Gasteiger partial charge on any atom is -0.370 e. The van der Waals surface area contributed by atoms with Crippen LogP contribution < -0.4 is 10.6 Å². The Bertz CT molecular complexity index is 471. The molecule has 0 aliphatic carbocycles. The zero-order chi connectivity index (χ0) is 15.1. The molecule has 1 aliphatic rings. The van der Waals surface area contributed by atoms with Gasteiger partial charge in [-0.05, 0) is 25.7 Å². The largest absolute Gasteiger partial charge is 0.370 e. The molecule has 1 aliphatic heterocycles. The SMILES string of the molecule is CCCNc1cc(NC2CCS(=O)CC2)nc(CCC)n1. The summed E-state index contributed by atoms with van der Waals surface area (Å²) in [5.41, 5.74) is 0. The van der Waals surface area contributed by atoms with Crippen molar-refractivity contribution in [2.75, 3.05) is 28.7 Å². The van der Waals surface area contributed by atoms with E-state index in [9.17, 15) is 4.21 Å². The molecule has 21 heavy (non-hydrogen) atoms. The van der Waals surface area contributed by atoms with Crippen LogP contribution in [0.3, 0.4) is 0 Å². The number of aromatic nitrogens is 2. The van der Waals surface area contributed by atoms with Crippen LogP contribution in [0.2, 0.25) is 0 Å². The third kappa shape index (κ3) is 5.26. The van der Waals surface area contributed by atoms with Crippen LogP contribution in [-0.2, 0) is 17.2 Å². The minimum atomic E-state index is -0.620. The van der Waals surface area contributed by atoms with E-state index < -0.39 is 10.8 Å². The van der Waals surface area contributed by atoms with E-state index in [2.05, 4.69) is 34.4 Å². The third-order valence-electron chi connectivity index (χ3n) is 3.54. The monoisotopic (exact) mass is 310 g/mol. The first-order valence-corrected chi connectivity index (χ1v) is 9.43. The van der Waals surface area contributed by atoms with Crippen molar-refractivity contribution in [3.05, 3.63) is 11.9 Å². The van der Waals surface area contributed by atoms with Crippen LogP contribution >= 0.6 is 0 Å². The molecule has 1 aromatic heterocycles. The lowest BCUT2D eigenvalue weighted by molar-refractivity contribution is 0.622. The minimum absolute atomic E-state index is 0.381. The Morgan fingerprint density at radius 1 is 1.19 bits per heavy atom. The smallest absolute Gasteiger partial charge is 0.133 e. The van der Waals surface area contributed by atoms with E-state index in [4.69, 9.17) is 0 Å². The lowest BCUT2D eigenvalue weighted by atomic mass is 10.1. The van der Waals surface area contributed by atoms with Gasteiger partial charge in [0.2, 0.25) is 0 Å². The zero-order valence-corrected chi connectivity index (χ0v) is 13.8. The lowest BCUT2D eigenvalue weighted by Gasteiger charge is -2.23. The summed E-state index contributed by atoms with van der Waals surface area (Å²) in [5.74, 6) is 4.28. The topological polar surface area (TPSA) is 66.9 Å². The fraction of sp³-hybridized carbons (Fsp3) is 0.733. The Morgan fingerprint density at radius 2 is 1.90 bits per heavy atom. The van der Waals surface area contributed by atoms with Gasteiger partial charge in [0.05, 0.1) is 0 Å². The summed E-state index contributed by atoms with van der Waals surface area (Å²) in [5, 5.41) is 6.83. The highest BCUT2D eigenvalue weighted by molar-refractivity contribution is 7.85. The van der Waals surface area contributed by atoms with Crippen LogP contribution in [0.25, 0.3) is 0 Å². The van der Waals surface area contributed by atoms with Crippen molar-refractivity contribution in [1.82, 2.24) is 9.97 Å². The molecule has 6 heteroatoms. The standard InChI is InChI=1S/C15H26N4OS/c1-3-5-13-18-14(16-8-4-2)11-15(19-13)17-12-6-9-21(20)10-7-12/h11-12H,3-10H2,1-2H3,(H2,16,17,18,19). The molecule has 1 aromatic rings. The Kier molecular flexibility index (Phi) is 6.42. The van der Waals surface area contributed by atoms with Gasteiger partial charge in [-0.15, -0.1) is 0 Å². The van der Waals surface area contributed by atoms with Gasteiger partial charge in [-0.2, -0.15) is 0 Å². The first-order valence-electron chi connectivity index (χ1n) is 7.94. The number of rotatable bonds is 7. The van der Waals surface area contributed by atoms with Crippen molar-refractivity contribution < 1.29 is 4.21 Å². The predicted molar refractivity (Wildman–Crippen MR) is 89.3 cm³/mol. The van der Waals surface area contributed by atoms with Gasteiger partial charge in [-0.1, -0.05) is 13.8 Å². The van der Waals surface area contributed by atoms with E-state index in [1.165, 1.54) is 0 Å². The maximum absolute atomic E-state index is 11.4. The first kappa shape index (κ1) is 16.2. The fourth-order valence-corrected chi connectivity index (χ4v) is 3.70. The van der Waals surface area contributed by atoms with Gasteiger partial charge in [-0.25, -0.2) is 9.97 Å². The van der Waals surface area contributed by atoms with Crippen molar-refractivity contribution in [3.8, 4) is 0 Å². The average molecular weight is 310 g/mol. The summed E-state index contributed by atoms with van der Waals surface area (Å²) in [6, 6.07) is 2.37. The van der Waals surface area contributed by atoms with Gasteiger partial charge >= 0.3 is 0 Å². The van der Waals surface area contributed by atoms with Crippen molar-refractivity contribution in [3.63, 3.8) is 0 Å². The summed E-state index contributed by atoms with van der Waals surface area (Å²) in [6.45, 7) is 5.20. The Morgan fingerprint density at radius 3 is 2.57 bits per heavy atom. The van der Waals surface area contributed by atoms with E-state index in [0.717, 1.165) is 67.6 Å². The van der Waals surface area contributed by atoms with Crippen molar-refractivity contribution in [2.45, 2.75) is 52.0 Å². The molecule has 2 rings (SSSR count). The Hall–Kier alpha value is -1.17. The third-order valence-corrected chi connectivity index (χ3v) is 4.92. The molecule has 2 N–H and O–H groups in total. The first-order chi connectivity index (χ1) is 10.2. The van der Waals surface area contributed by atoms with Gasteiger partial charge in [0.25, 0.3) is 0 Å². The van der Waals surface area contributed by atoms with Gasteiger partial charge in [-0.3, -0.25) is 4.21 Å². The molecule has 0 amide bonds. The number of anilines is 2. The van der Waals surface area contributed by atoms with Crippen LogP contribution in [0.5, 0.6) is 0 Å². The maximum atomic E-state index is 11.4. The molecule has 0 saturated carbocycles. The van der Waals surface area contributed by atoms with Crippen LogP contribution in [0.1, 0.15) is 45.4 Å². The highest BCUT2D eigenvalue weighted by Crippen LogP contribution is 2.18. The van der Waals surface area contributed by atoms with E-state index >= 15 is 0 Å². The van der Waals surface area contributed by atoms with Crippen molar-refractivity contribution in [2.24, 2.45) is 0 Å². The molecular formula is C15H26N4OS. The van der Waals surface area contributed by atoms with Crippen molar-refractivity contribution >= 4 is 22.4 Å². The summed E-state index contributed by atoms with van der Waals surface area (Å²) in [4.78, 5) is 9.16. The number of hydrogen-bond donors (Lipinski definition) is 2. The molecule has 2 heterocycles. The van der Waals surface area contributed by atoms with Crippen LogP contribution in [0.4, 0.5) is 11.6 Å². The van der Waals surface area contributed by atoms with E-state index in [0.29, 0.717) is 6.04 Å². The molecule has 0 aromatic carbocycles. The molecule has 118 valence electrons. The average Bonchev–Trinajstić information content (AvgIpc) is 2.48. The van der Waals surface area contributed by atoms with E-state index in [1.54, 1.807) is 0 Å². The highest BCUT2D eigenvalue weighted by atomic mass is 32.2. The molecule has 5 nitrogen and oxygen atoms in total. The quantitative estimate of drug-likeness (QED) is 0.810. The molecule has 0 unspecified atom stereocenters. The number of hydrogen-bond acceptors (Lipinski definition) is 5. The van der Waals surface area contributed by atoms with Gasteiger partial charge in [0, 0.05) is 47.4 Å². The summed E-state index contributed by atoms with van der Waals surface area (Å²) in [7, 11) is -0.620. The fourth-order valence-electron chi connectivity index (χ4n) is 2.40. The molecule has 0 atom stereocenters. The van der Waals surface area contributed by atoms with Gasteiger partial charge in [0.15, 0.2) is 0 Å². The molecule has 1 fully saturated rings. The Balaban J connectivity index is 2.05. The second kappa shape index (κ2) is 8.32. The maximum Gasteiger partial charge on any atom is 0.133 e. The summed E-state index contributed by atoms with van der Waals surface area (Å²) in [6.07, 6.45) is 4.92.